The van der Waals surface area contributed by atoms with Crippen molar-refractivity contribution in [3.8, 4) is 0 Å². The van der Waals surface area contributed by atoms with Crippen molar-refractivity contribution in [1.29, 1.82) is 0 Å². The fraction of sp³-hybridized carbons (Fsp3) is 0.167. The fourth-order valence-electron chi connectivity index (χ4n) is 1.90. The van der Waals surface area contributed by atoms with Crippen LogP contribution in [-0.2, 0) is 6.54 Å². The minimum atomic E-state index is 0.555. The van der Waals surface area contributed by atoms with Crippen LogP contribution in [0, 0.1) is 6.92 Å². The van der Waals surface area contributed by atoms with Gasteiger partial charge in [0.25, 0.3) is 0 Å². The van der Waals surface area contributed by atoms with Crippen molar-refractivity contribution in [3.63, 3.8) is 0 Å². The van der Waals surface area contributed by atoms with Gasteiger partial charge in [0.05, 0.1) is 23.1 Å². The average Bonchev–Trinajstić information content (AvgIpc) is 2.88. The molecule has 3 rings (SSSR count). The topological polar surface area (TPSA) is 56.7 Å². The largest absolute Gasteiger partial charge is 0.369 e. The zero-order valence-electron chi connectivity index (χ0n) is 9.42. The maximum Gasteiger partial charge on any atom is 0.201 e. The molecule has 0 saturated heterocycles. The van der Waals surface area contributed by atoms with Crippen molar-refractivity contribution in [3.05, 3.63) is 40.3 Å². The molecule has 2 aromatic heterocycles. The molecular formula is C12H12N4S. The number of aryl methyl sites for hydroxylation is 1. The standard InChI is InChI=1S/C12H12N4S/c1-8-2-3-11-10(4-8)15-12(13)16(11)6-9-5-14-7-17-9/h2-5,7H,6H2,1H3,(H2,13,15). The molecule has 0 atom stereocenters. The van der Waals surface area contributed by atoms with Gasteiger partial charge in [-0.1, -0.05) is 6.07 Å². The van der Waals surface area contributed by atoms with Crippen LogP contribution < -0.4 is 5.73 Å². The van der Waals surface area contributed by atoms with Gasteiger partial charge >= 0.3 is 0 Å². The van der Waals surface area contributed by atoms with E-state index in [2.05, 4.69) is 35.1 Å². The Hall–Kier alpha value is -1.88. The van der Waals surface area contributed by atoms with E-state index in [1.54, 1.807) is 11.3 Å². The lowest BCUT2D eigenvalue weighted by molar-refractivity contribution is 0.850. The maximum atomic E-state index is 5.96. The SMILES string of the molecule is Cc1ccc2c(c1)nc(N)n2Cc1cncs1. The number of hydrogen-bond acceptors (Lipinski definition) is 4. The first-order chi connectivity index (χ1) is 8.24. The van der Waals surface area contributed by atoms with Crippen molar-refractivity contribution < 1.29 is 0 Å². The lowest BCUT2D eigenvalue weighted by atomic mass is 10.2. The molecule has 1 aromatic carbocycles. The van der Waals surface area contributed by atoms with Gasteiger partial charge in [-0.3, -0.25) is 4.98 Å². The molecule has 0 aliphatic carbocycles. The summed E-state index contributed by atoms with van der Waals surface area (Å²) >= 11 is 1.63. The van der Waals surface area contributed by atoms with Crippen LogP contribution in [0.1, 0.15) is 10.4 Å². The Bertz CT molecular complexity index is 655. The minimum Gasteiger partial charge on any atom is -0.369 e. The molecule has 0 saturated carbocycles. The summed E-state index contributed by atoms with van der Waals surface area (Å²) < 4.78 is 2.02. The lowest BCUT2D eigenvalue weighted by Crippen LogP contribution is -2.03. The van der Waals surface area contributed by atoms with Crippen LogP contribution in [0.5, 0.6) is 0 Å². The normalized spacial score (nSPS) is 11.1. The third-order valence-corrected chi connectivity index (χ3v) is 3.50. The molecule has 0 aliphatic rings. The predicted octanol–water partition coefficient (Wildman–Crippen LogP) is 2.43. The summed E-state index contributed by atoms with van der Waals surface area (Å²) in [6.45, 7) is 2.79. The number of fused-ring (bicyclic) bond motifs is 1. The third-order valence-electron chi connectivity index (χ3n) is 2.73. The smallest absolute Gasteiger partial charge is 0.201 e. The number of hydrogen-bond donors (Lipinski definition) is 1. The van der Waals surface area contributed by atoms with Crippen molar-refractivity contribution >= 4 is 28.3 Å². The molecule has 2 heterocycles. The van der Waals surface area contributed by atoms with E-state index in [0.29, 0.717) is 5.95 Å². The number of nitrogens with two attached hydrogens (primary N) is 1. The van der Waals surface area contributed by atoms with Crippen molar-refractivity contribution in [2.45, 2.75) is 13.5 Å². The van der Waals surface area contributed by atoms with Crippen LogP contribution in [0.2, 0.25) is 0 Å². The molecule has 4 nitrogen and oxygen atoms in total. The molecule has 0 spiro atoms. The molecule has 0 bridgehead atoms. The highest BCUT2D eigenvalue weighted by atomic mass is 32.1. The molecular weight excluding hydrogens is 232 g/mol. The second kappa shape index (κ2) is 3.85. The first-order valence-corrected chi connectivity index (χ1v) is 6.22. The molecule has 86 valence electrons. The number of nitrogen functional groups attached to an aromatic ring is 1. The molecule has 0 unspecified atom stereocenters. The summed E-state index contributed by atoms with van der Waals surface area (Å²) in [5, 5.41) is 0. The summed E-state index contributed by atoms with van der Waals surface area (Å²) in [4.78, 5) is 9.63. The molecule has 5 heteroatoms. The van der Waals surface area contributed by atoms with Gasteiger partial charge in [-0.2, -0.15) is 0 Å². The van der Waals surface area contributed by atoms with Gasteiger partial charge in [-0.05, 0) is 24.6 Å². The number of thiazole rings is 1. The van der Waals surface area contributed by atoms with E-state index in [1.807, 2.05) is 16.3 Å². The molecule has 0 fully saturated rings. The second-order valence-electron chi connectivity index (χ2n) is 4.02. The molecule has 0 aliphatic heterocycles. The summed E-state index contributed by atoms with van der Waals surface area (Å²) in [5.41, 5.74) is 11.0. The van der Waals surface area contributed by atoms with E-state index in [0.717, 1.165) is 17.6 Å². The van der Waals surface area contributed by atoms with Crippen LogP contribution in [0.3, 0.4) is 0 Å². The lowest BCUT2D eigenvalue weighted by Gasteiger charge is -2.03. The van der Waals surface area contributed by atoms with Crippen molar-refractivity contribution in [2.75, 3.05) is 5.73 Å². The average molecular weight is 244 g/mol. The highest BCUT2D eigenvalue weighted by molar-refractivity contribution is 7.09. The highest BCUT2D eigenvalue weighted by Gasteiger charge is 2.09. The first-order valence-electron chi connectivity index (χ1n) is 5.34. The summed E-state index contributed by atoms with van der Waals surface area (Å²) in [7, 11) is 0. The fourth-order valence-corrected chi connectivity index (χ4v) is 2.48. The first kappa shape index (κ1) is 10.3. The number of benzene rings is 1. The second-order valence-corrected chi connectivity index (χ2v) is 4.99. The zero-order chi connectivity index (χ0) is 11.8. The third kappa shape index (κ3) is 1.78. The van der Waals surface area contributed by atoms with Gasteiger partial charge in [0.15, 0.2) is 0 Å². The van der Waals surface area contributed by atoms with Crippen molar-refractivity contribution in [2.24, 2.45) is 0 Å². The quantitative estimate of drug-likeness (QED) is 0.753. The molecule has 17 heavy (non-hydrogen) atoms. The van der Waals surface area contributed by atoms with E-state index in [1.165, 1.54) is 10.4 Å². The molecule has 2 N–H and O–H groups in total. The van der Waals surface area contributed by atoms with Crippen molar-refractivity contribution in [1.82, 2.24) is 14.5 Å². The van der Waals surface area contributed by atoms with Gasteiger partial charge in [-0.15, -0.1) is 11.3 Å². The summed E-state index contributed by atoms with van der Waals surface area (Å²) in [5.74, 6) is 0.555. The van der Waals surface area contributed by atoms with Gasteiger partial charge in [0, 0.05) is 11.1 Å². The Morgan fingerprint density at radius 1 is 1.41 bits per heavy atom. The Balaban J connectivity index is 2.12. The molecule has 0 amide bonds. The van der Waals surface area contributed by atoms with E-state index in [4.69, 9.17) is 5.73 Å². The van der Waals surface area contributed by atoms with E-state index < -0.39 is 0 Å². The van der Waals surface area contributed by atoms with Gasteiger partial charge in [0.1, 0.15) is 0 Å². The van der Waals surface area contributed by atoms with Gasteiger partial charge in [0.2, 0.25) is 5.95 Å². The minimum absolute atomic E-state index is 0.555. The Kier molecular flexibility index (Phi) is 2.33. The summed E-state index contributed by atoms with van der Waals surface area (Å²) in [6.07, 6.45) is 1.87. The monoisotopic (exact) mass is 244 g/mol. The highest BCUT2D eigenvalue weighted by Crippen LogP contribution is 2.21. The van der Waals surface area contributed by atoms with Crippen LogP contribution >= 0.6 is 11.3 Å². The predicted molar refractivity (Wildman–Crippen MR) is 70.1 cm³/mol. The van der Waals surface area contributed by atoms with E-state index in [-0.39, 0.29) is 0 Å². The van der Waals surface area contributed by atoms with Crippen LogP contribution in [0.25, 0.3) is 11.0 Å². The number of aromatic nitrogens is 3. The van der Waals surface area contributed by atoms with Crippen LogP contribution in [0.4, 0.5) is 5.95 Å². The van der Waals surface area contributed by atoms with Gasteiger partial charge in [-0.25, -0.2) is 4.98 Å². The maximum absolute atomic E-state index is 5.96. The summed E-state index contributed by atoms with van der Waals surface area (Å²) in [6, 6.07) is 6.19. The Morgan fingerprint density at radius 2 is 2.29 bits per heavy atom. The molecule has 0 radical (unpaired) electrons. The Labute approximate surface area is 103 Å². The van der Waals surface area contributed by atoms with Gasteiger partial charge < -0.3 is 10.3 Å². The van der Waals surface area contributed by atoms with E-state index in [9.17, 15) is 0 Å². The number of anilines is 1. The number of nitrogens with zero attached hydrogens (tertiary/aromatic N) is 3. The molecule has 3 aromatic rings. The number of rotatable bonds is 2. The zero-order valence-corrected chi connectivity index (χ0v) is 10.2. The van der Waals surface area contributed by atoms with Crippen LogP contribution in [0.15, 0.2) is 29.9 Å². The Morgan fingerprint density at radius 3 is 3.06 bits per heavy atom. The number of imidazole rings is 1. The van der Waals surface area contributed by atoms with Crippen LogP contribution in [-0.4, -0.2) is 14.5 Å². The van der Waals surface area contributed by atoms with E-state index >= 15 is 0 Å².